The van der Waals surface area contributed by atoms with Gasteiger partial charge in [-0.15, -0.1) is 24.0 Å². The number of aliphatic imine (C=N–C) groups is 1. The number of halogens is 1. The first-order valence-corrected chi connectivity index (χ1v) is 10.1. The normalized spacial score (nSPS) is 12.0. The predicted octanol–water partition coefficient (Wildman–Crippen LogP) is 3.69. The molecule has 1 unspecified atom stereocenters. The standard InChI is InChI=1S/C23H34N4O3.HI/c1-7-24-23(26-16-19(27(2)3)18-11-9-8-10-12-18)25-15-17-13-20(28-4)22(30-6)21(14-17)29-5;/h8-14,19H,7,15-16H2,1-6H3,(H2,24,25,26);1H. The van der Waals surface area contributed by atoms with E-state index in [2.05, 4.69) is 60.8 Å². The minimum absolute atomic E-state index is 0. The molecular weight excluding hydrogens is 507 g/mol. The molecule has 8 heteroatoms. The Bertz CT molecular complexity index is 791. The zero-order valence-electron chi connectivity index (χ0n) is 19.3. The molecule has 0 aliphatic carbocycles. The number of nitrogens with one attached hydrogen (secondary N) is 2. The van der Waals surface area contributed by atoms with Crippen LogP contribution in [0.1, 0.15) is 24.1 Å². The van der Waals surface area contributed by atoms with Crippen LogP contribution in [0.25, 0.3) is 0 Å². The summed E-state index contributed by atoms with van der Waals surface area (Å²) < 4.78 is 16.3. The Morgan fingerprint density at radius 1 is 0.968 bits per heavy atom. The number of likely N-dealkylation sites (N-methyl/N-ethyl adjacent to an activating group) is 1. The second kappa shape index (κ2) is 14.0. The fourth-order valence-corrected chi connectivity index (χ4v) is 3.21. The van der Waals surface area contributed by atoms with Crippen LogP contribution in [-0.2, 0) is 6.54 Å². The lowest BCUT2D eigenvalue weighted by molar-refractivity contribution is 0.298. The van der Waals surface area contributed by atoms with Crippen LogP contribution in [0.4, 0.5) is 0 Å². The summed E-state index contributed by atoms with van der Waals surface area (Å²) in [6.45, 7) is 4.04. The Morgan fingerprint density at radius 3 is 2.06 bits per heavy atom. The number of ether oxygens (including phenoxy) is 3. The maximum Gasteiger partial charge on any atom is 0.203 e. The highest BCUT2D eigenvalue weighted by molar-refractivity contribution is 14.0. The quantitative estimate of drug-likeness (QED) is 0.271. The van der Waals surface area contributed by atoms with Gasteiger partial charge in [0.05, 0.1) is 33.9 Å². The topological polar surface area (TPSA) is 67.4 Å². The predicted molar refractivity (Wildman–Crippen MR) is 137 cm³/mol. The van der Waals surface area contributed by atoms with Gasteiger partial charge in [0, 0.05) is 13.1 Å². The van der Waals surface area contributed by atoms with Crippen LogP contribution < -0.4 is 24.8 Å². The molecule has 2 aromatic rings. The minimum Gasteiger partial charge on any atom is -0.493 e. The lowest BCUT2D eigenvalue weighted by atomic mass is 10.1. The van der Waals surface area contributed by atoms with Crippen LogP contribution in [-0.4, -0.2) is 59.4 Å². The van der Waals surface area contributed by atoms with Crippen LogP contribution in [0.3, 0.4) is 0 Å². The molecule has 0 bridgehead atoms. The summed E-state index contributed by atoms with van der Waals surface area (Å²) in [4.78, 5) is 6.94. The highest BCUT2D eigenvalue weighted by Gasteiger charge is 2.15. The van der Waals surface area contributed by atoms with Gasteiger partial charge in [0.25, 0.3) is 0 Å². The van der Waals surface area contributed by atoms with Crippen LogP contribution >= 0.6 is 24.0 Å². The maximum atomic E-state index is 5.44. The van der Waals surface area contributed by atoms with Crippen molar-refractivity contribution in [2.24, 2.45) is 4.99 Å². The second-order valence-corrected chi connectivity index (χ2v) is 7.00. The summed E-state index contributed by atoms with van der Waals surface area (Å²) in [5, 5.41) is 6.77. The fraction of sp³-hybridized carbons (Fsp3) is 0.435. The third kappa shape index (κ3) is 7.77. The fourth-order valence-electron chi connectivity index (χ4n) is 3.21. The lowest BCUT2D eigenvalue weighted by Gasteiger charge is -2.26. The zero-order chi connectivity index (χ0) is 21.9. The van der Waals surface area contributed by atoms with Crippen LogP contribution in [0.5, 0.6) is 17.2 Å². The first kappa shape index (κ1) is 26.8. The Balaban J connectivity index is 0.00000480. The van der Waals surface area contributed by atoms with Gasteiger partial charge in [-0.2, -0.15) is 0 Å². The summed E-state index contributed by atoms with van der Waals surface area (Å²) in [7, 11) is 8.99. The molecule has 0 amide bonds. The van der Waals surface area contributed by atoms with Crippen molar-refractivity contribution in [2.75, 3.05) is 48.5 Å². The van der Waals surface area contributed by atoms with Crippen molar-refractivity contribution >= 4 is 29.9 Å². The van der Waals surface area contributed by atoms with E-state index in [1.165, 1.54) is 5.56 Å². The number of guanidine groups is 1. The molecule has 0 radical (unpaired) electrons. The molecule has 31 heavy (non-hydrogen) atoms. The van der Waals surface area contributed by atoms with Crippen molar-refractivity contribution in [3.8, 4) is 17.2 Å². The lowest BCUT2D eigenvalue weighted by Crippen LogP contribution is -2.41. The van der Waals surface area contributed by atoms with Crippen molar-refractivity contribution in [2.45, 2.75) is 19.5 Å². The van der Waals surface area contributed by atoms with E-state index in [0.29, 0.717) is 23.8 Å². The molecule has 2 rings (SSSR count). The number of hydrogen-bond donors (Lipinski definition) is 2. The smallest absolute Gasteiger partial charge is 0.203 e. The highest BCUT2D eigenvalue weighted by atomic mass is 127. The van der Waals surface area contributed by atoms with Gasteiger partial charge in [-0.1, -0.05) is 30.3 Å². The SMILES string of the molecule is CCNC(=NCc1cc(OC)c(OC)c(OC)c1)NCC(c1ccccc1)N(C)C.I. The molecule has 0 saturated carbocycles. The first-order chi connectivity index (χ1) is 14.5. The van der Waals surface area contributed by atoms with Gasteiger partial charge in [0.15, 0.2) is 17.5 Å². The summed E-state index contributed by atoms with van der Waals surface area (Å²) >= 11 is 0. The molecule has 1 atom stereocenters. The molecule has 0 spiro atoms. The molecule has 0 fully saturated rings. The van der Waals surface area contributed by atoms with E-state index in [1.54, 1.807) is 21.3 Å². The number of benzene rings is 2. The van der Waals surface area contributed by atoms with E-state index in [1.807, 2.05) is 18.2 Å². The first-order valence-electron chi connectivity index (χ1n) is 10.1. The van der Waals surface area contributed by atoms with Gasteiger partial charge >= 0.3 is 0 Å². The van der Waals surface area contributed by atoms with E-state index in [9.17, 15) is 0 Å². The number of hydrogen-bond acceptors (Lipinski definition) is 5. The van der Waals surface area contributed by atoms with Gasteiger partial charge in [-0.25, -0.2) is 4.99 Å². The van der Waals surface area contributed by atoms with Gasteiger partial charge in [0.2, 0.25) is 5.75 Å². The molecule has 0 aliphatic heterocycles. The van der Waals surface area contributed by atoms with Gasteiger partial charge in [-0.3, -0.25) is 0 Å². The minimum atomic E-state index is 0. The van der Waals surface area contributed by atoms with Crippen LogP contribution in [0, 0.1) is 0 Å². The van der Waals surface area contributed by atoms with Crippen molar-refractivity contribution in [1.82, 2.24) is 15.5 Å². The van der Waals surface area contributed by atoms with E-state index in [0.717, 1.165) is 24.6 Å². The average molecular weight is 542 g/mol. The molecule has 0 aromatic heterocycles. The Hall–Kier alpha value is -2.20. The second-order valence-electron chi connectivity index (χ2n) is 7.00. The molecule has 172 valence electrons. The summed E-state index contributed by atoms with van der Waals surface area (Å²) in [5.41, 5.74) is 2.23. The van der Waals surface area contributed by atoms with Crippen molar-refractivity contribution in [3.05, 3.63) is 53.6 Å². The third-order valence-electron chi connectivity index (χ3n) is 4.76. The Labute approximate surface area is 203 Å². The zero-order valence-corrected chi connectivity index (χ0v) is 21.6. The van der Waals surface area contributed by atoms with Gasteiger partial charge in [0.1, 0.15) is 0 Å². The summed E-state index contributed by atoms with van der Waals surface area (Å²) in [6, 6.07) is 14.5. The average Bonchev–Trinajstić information content (AvgIpc) is 2.77. The van der Waals surface area contributed by atoms with Crippen LogP contribution in [0.2, 0.25) is 0 Å². The third-order valence-corrected chi connectivity index (χ3v) is 4.76. The molecule has 0 aliphatic rings. The van der Waals surface area contributed by atoms with Crippen LogP contribution in [0.15, 0.2) is 47.5 Å². The van der Waals surface area contributed by atoms with E-state index < -0.39 is 0 Å². The van der Waals surface area contributed by atoms with Gasteiger partial charge in [-0.05, 0) is 44.3 Å². The molecule has 2 N–H and O–H groups in total. The maximum absolute atomic E-state index is 5.44. The number of methoxy groups -OCH3 is 3. The van der Waals surface area contributed by atoms with E-state index >= 15 is 0 Å². The van der Waals surface area contributed by atoms with Crippen molar-refractivity contribution in [1.29, 1.82) is 0 Å². The largest absolute Gasteiger partial charge is 0.493 e. The van der Waals surface area contributed by atoms with Crippen molar-refractivity contribution in [3.63, 3.8) is 0 Å². The van der Waals surface area contributed by atoms with Crippen molar-refractivity contribution < 1.29 is 14.2 Å². The molecular formula is C23H35IN4O3. The molecule has 0 heterocycles. The summed E-state index contributed by atoms with van der Waals surface area (Å²) in [6.07, 6.45) is 0. The Kier molecular flexibility index (Phi) is 12.1. The van der Waals surface area contributed by atoms with E-state index in [4.69, 9.17) is 19.2 Å². The molecule has 0 saturated heterocycles. The monoisotopic (exact) mass is 542 g/mol. The Morgan fingerprint density at radius 2 is 1.58 bits per heavy atom. The van der Waals surface area contributed by atoms with E-state index in [-0.39, 0.29) is 30.0 Å². The number of nitrogens with zero attached hydrogens (tertiary/aromatic N) is 2. The highest BCUT2D eigenvalue weighted by Crippen LogP contribution is 2.38. The molecule has 7 nitrogen and oxygen atoms in total. The molecule has 2 aromatic carbocycles. The summed E-state index contributed by atoms with van der Waals surface area (Å²) in [5.74, 6) is 2.58. The number of rotatable bonds is 10. The van der Waals surface area contributed by atoms with Gasteiger partial charge < -0.3 is 29.7 Å².